The largest absolute Gasteiger partial charge is 0.335 e. The number of aryl methyl sites for hydroxylation is 1. The fraction of sp³-hybridized carbons (Fsp3) is 0.0556. The summed E-state index contributed by atoms with van der Waals surface area (Å²) in [6, 6.07) is 6.88. The van der Waals surface area contributed by atoms with E-state index in [0.29, 0.717) is 22.4 Å². The highest BCUT2D eigenvalue weighted by molar-refractivity contribution is 6.32. The molecule has 6 nitrogen and oxygen atoms in total. The predicted molar refractivity (Wildman–Crippen MR) is 98.8 cm³/mol. The second-order valence-corrected chi connectivity index (χ2v) is 6.20. The molecule has 0 aliphatic heterocycles. The maximum Gasteiger partial charge on any atom is 0.274 e. The van der Waals surface area contributed by atoms with Gasteiger partial charge in [0.05, 0.1) is 10.9 Å². The Labute approximate surface area is 156 Å². The summed E-state index contributed by atoms with van der Waals surface area (Å²) in [7, 11) is 1.63. The van der Waals surface area contributed by atoms with Crippen LogP contribution < -0.4 is 10.9 Å². The van der Waals surface area contributed by atoms with Gasteiger partial charge in [-0.15, -0.1) is 0 Å². The van der Waals surface area contributed by atoms with E-state index >= 15 is 0 Å². The van der Waals surface area contributed by atoms with E-state index in [9.17, 15) is 13.6 Å². The average molecular weight is 388 g/mol. The molecular formula is C18H12ClF2N5O. The molecule has 136 valence electrons. The van der Waals surface area contributed by atoms with E-state index in [4.69, 9.17) is 11.6 Å². The van der Waals surface area contributed by atoms with E-state index in [1.54, 1.807) is 31.4 Å². The zero-order valence-corrected chi connectivity index (χ0v) is 14.7. The number of anilines is 2. The van der Waals surface area contributed by atoms with Gasteiger partial charge >= 0.3 is 0 Å². The minimum absolute atomic E-state index is 0.200. The third kappa shape index (κ3) is 2.93. The number of hydrogen-bond donors (Lipinski definition) is 1. The summed E-state index contributed by atoms with van der Waals surface area (Å²) in [5.74, 6) is -1.11. The van der Waals surface area contributed by atoms with E-state index in [1.807, 2.05) is 0 Å². The number of aromatic nitrogens is 4. The van der Waals surface area contributed by atoms with Crippen LogP contribution in [0.5, 0.6) is 0 Å². The number of nitrogens with zero attached hydrogens (tertiary/aromatic N) is 4. The van der Waals surface area contributed by atoms with Crippen LogP contribution in [-0.4, -0.2) is 19.3 Å². The Bertz CT molecular complexity index is 1230. The normalized spacial score (nSPS) is 11.1. The molecule has 1 N–H and O–H groups in total. The average Bonchev–Trinajstić information content (AvgIpc) is 3.07. The Morgan fingerprint density at radius 2 is 1.93 bits per heavy atom. The number of rotatable bonds is 3. The SMILES string of the molecule is Cn1cccc(Nc2nccc3nn(-c4c(F)ccc(F)c4Cl)cc23)c1=O. The summed E-state index contributed by atoms with van der Waals surface area (Å²) < 4.78 is 30.5. The maximum atomic E-state index is 14.2. The number of hydrogen-bond acceptors (Lipinski definition) is 4. The number of halogens is 3. The van der Waals surface area contributed by atoms with E-state index in [-0.39, 0.29) is 16.3 Å². The fourth-order valence-corrected chi connectivity index (χ4v) is 2.95. The van der Waals surface area contributed by atoms with Gasteiger partial charge in [0.1, 0.15) is 28.0 Å². The zero-order chi connectivity index (χ0) is 19.1. The third-order valence-corrected chi connectivity index (χ3v) is 4.42. The number of benzene rings is 1. The summed E-state index contributed by atoms with van der Waals surface area (Å²) in [5.41, 5.74) is 0.361. The van der Waals surface area contributed by atoms with Gasteiger partial charge in [0.2, 0.25) is 0 Å². The number of fused-ring (bicyclic) bond motifs is 1. The molecule has 0 amide bonds. The van der Waals surface area contributed by atoms with Crippen molar-refractivity contribution in [2.24, 2.45) is 7.05 Å². The van der Waals surface area contributed by atoms with Crippen LogP contribution in [0.15, 0.2) is 53.7 Å². The van der Waals surface area contributed by atoms with Crippen molar-refractivity contribution >= 4 is 34.0 Å². The van der Waals surface area contributed by atoms with Crippen molar-refractivity contribution in [3.05, 3.63) is 75.9 Å². The molecule has 4 aromatic rings. The first-order chi connectivity index (χ1) is 13.0. The monoisotopic (exact) mass is 387 g/mol. The highest BCUT2D eigenvalue weighted by atomic mass is 35.5. The Morgan fingerprint density at radius 1 is 1.15 bits per heavy atom. The van der Waals surface area contributed by atoms with Gasteiger partial charge in [-0.2, -0.15) is 5.10 Å². The van der Waals surface area contributed by atoms with Gasteiger partial charge in [-0.05, 0) is 30.3 Å². The first kappa shape index (κ1) is 17.2. The molecule has 4 rings (SSSR count). The lowest BCUT2D eigenvalue weighted by Crippen LogP contribution is -2.18. The van der Waals surface area contributed by atoms with Crippen LogP contribution in [0.4, 0.5) is 20.3 Å². The smallest absolute Gasteiger partial charge is 0.274 e. The highest BCUT2D eigenvalue weighted by Crippen LogP contribution is 2.29. The molecule has 0 spiro atoms. The number of pyridine rings is 2. The molecule has 3 aromatic heterocycles. The van der Waals surface area contributed by atoms with Crippen molar-refractivity contribution in [2.75, 3.05) is 5.32 Å². The minimum Gasteiger partial charge on any atom is -0.335 e. The van der Waals surface area contributed by atoms with Gasteiger partial charge in [-0.25, -0.2) is 18.4 Å². The standard InChI is InChI=1S/C18H12ClF2N5O/c1-25-8-2-3-14(18(25)27)23-17-10-9-26(24-13(10)6-7-22-17)16-12(21)5-4-11(20)15(16)19/h2-9H,1H3,(H,22,23). The maximum absolute atomic E-state index is 14.2. The molecule has 0 bridgehead atoms. The second-order valence-electron chi connectivity index (χ2n) is 5.82. The van der Waals surface area contributed by atoms with Crippen molar-refractivity contribution in [1.82, 2.24) is 19.3 Å². The molecule has 1 aromatic carbocycles. The van der Waals surface area contributed by atoms with Gasteiger partial charge in [0, 0.05) is 25.6 Å². The summed E-state index contributed by atoms with van der Waals surface area (Å²) in [4.78, 5) is 16.4. The quantitative estimate of drug-likeness (QED) is 0.543. The lowest BCUT2D eigenvalue weighted by molar-refractivity contribution is 0.588. The van der Waals surface area contributed by atoms with Crippen LogP contribution in [0.1, 0.15) is 0 Å². The summed E-state index contributed by atoms with van der Waals surface area (Å²) in [6.07, 6.45) is 4.61. The first-order valence-electron chi connectivity index (χ1n) is 7.86. The van der Waals surface area contributed by atoms with Crippen LogP contribution in [0, 0.1) is 11.6 Å². The summed E-state index contributed by atoms with van der Waals surface area (Å²) >= 11 is 5.92. The van der Waals surface area contributed by atoms with Gasteiger partial charge in [0.25, 0.3) is 5.56 Å². The number of nitrogens with one attached hydrogen (secondary N) is 1. The molecule has 27 heavy (non-hydrogen) atoms. The van der Waals surface area contributed by atoms with E-state index in [0.717, 1.165) is 16.8 Å². The zero-order valence-electron chi connectivity index (χ0n) is 13.9. The van der Waals surface area contributed by atoms with Crippen molar-refractivity contribution in [3.63, 3.8) is 0 Å². The topological polar surface area (TPSA) is 64.7 Å². The van der Waals surface area contributed by atoms with Gasteiger partial charge < -0.3 is 9.88 Å². The van der Waals surface area contributed by atoms with Gasteiger partial charge in [-0.1, -0.05) is 11.6 Å². The minimum atomic E-state index is -0.753. The van der Waals surface area contributed by atoms with Gasteiger partial charge in [-0.3, -0.25) is 4.79 Å². The Kier molecular flexibility index (Phi) is 4.12. The molecule has 0 saturated heterocycles. The molecule has 0 fully saturated rings. The van der Waals surface area contributed by atoms with Crippen LogP contribution in [0.3, 0.4) is 0 Å². The van der Waals surface area contributed by atoms with Crippen LogP contribution in [-0.2, 0) is 7.05 Å². The van der Waals surface area contributed by atoms with E-state index in [2.05, 4.69) is 15.4 Å². The van der Waals surface area contributed by atoms with Crippen molar-refractivity contribution < 1.29 is 8.78 Å². The highest BCUT2D eigenvalue weighted by Gasteiger charge is 2.17. The molecule has 9 heteroatoms. The summed E-state index contributed by atoms with van der Waals surface area (Å²) in [6.45, 7) is 0. The lowest BCUT2D eigenvalue weighted by Gasteiger charge is -2.07. The van der Waals surface area contributed by atoms with Crippen molar-refractivity contribution in [3.8, 4) is 5.69 Å². The molecule has 0 saturated carbocycles. The van der Waals surface area contributed by atoms with Crippen LogP contribution in [0.2, 0.25) is 5.02 Å². The molecule has 0 atom stereocenters. The van der Waals surface area contributed by atoms with Crippen LogP contribution >= 0.6 is 11.6 Å². The predicted octanol–water partition coefficient (Wildman–Crippen LogP) is 3.79. The summed E-state index contributed by atoms with van der Waals surface area (Å²) in [5, 5.41) is 7.36. The molecule has 0 aliphatic rings. The van der Waals surface area contributed by atoms with Crippen LogP contribution in [0.25, 0.3) is 16.6 Å². The van der Waals surface area contributed by atoms with Crippen molar-refractivity contribution in [1.29, 1.82) is 0 Å². The van der Waals surface area contributed by atoms with E-state index < -0.39 is 11.6 Å². The Morgan fingerprint density at radius 3 is 2.74 bits per heavy atom. The fourth-order valence-electron chi connectivity index (χ4n) is 2.71. The molecule has 3 heterocycles. The first-order valence-corrected chi connectivity index (χ1v) is 8.24. The van der Waals surface area contributed by atoms with Crippen molar-refractivity contribution in [2.45, 2.75) is 0 Å². The third-order valence-electron chi connectivity index (χ3n) is 4.06. The Hall–Kier alpha value is -3.26. The lowest BCUT2D eigenvalue weighted by atomic mass is 10.3. The molecule has 0 unspecified atom stereocenters. The molecular weight excluding hydrogens is 376 g/mol. The molecule has 0 aliphatic carbocycles. The Balaban J connectivity index is 1.85. The van der Waals surface area contributed by atoms with E-state index in [1.165, 1.54) is 17.0 Å². The van der Waals surface area contributed by atoms with Gasteiger partial charge in [0.15, 0.2) is 5.82 Å². The molecule has 0 radical (unpaired) electrons. The second kappa shape index (κ2) is 6.48.